The van der Waals surface area contributed by atoms with E-state index in [9.17, 15) is 14.0 Å². The lowest BCUT2D eigenvalue weighted by Gasteiger charge is -2.08. The Morgan fingerprint density at radius 3 is 2.54 bits per heavy atom. The number of hydrogen-bond donors (Lipinski definition) is 1. The molecule has 0 amide bonds. The smallest absolute Gasteiger partial charge is 0.311 e. The molecule has 0 unspecified atom stereocenters. The third-order valence-corrected chi connectivity index (χ3v) is 3.72. The Morgan fingerprint density at radius 1 is 1.04 bits per heavy atom. The van der Waals surface area contributed by atoms with Crippen molar-refractivity contribution in [3.05, 3.63) is 70.4 Å². The van der Waals surface area contributed by atoms with E-state index in [1.165, 1.54) is 24.3 Å². The van der Waals surface area contributed by atoms with Crippen molar-refractivity contribution < 1.29 is 18.7 Å². The van der Waals surface area contributed by atoms with Gasteiger partial charge in [-0.25, -0.2) is 9.49 Å². The predicted octanol–water partition coefficient (Wildman–Crippen LogP) is 2.62. The van der Waals surface area contributed by atoms with E-state index in [-0.39, 0.29) is 24.4 Å². The number of benzene rings is 2. The summed E-state index contributed by atoms with van der Waals surface area (Å²) in [5.41, 5.74) is 0.170. The van der Waals surface area contributed by atoms with Crippen molar-refractivity contribution in [2.24, 2.45) is 0 Å². The first kappa shape index (κ1) is 17.6. The monoisotopic (exact) mass is 356 g/mol. The summed E-state index contributed by atoms with van der Waals surface area (Å²) in [6.07, 6.45) is 0.471. The summed E-state index contributed by atoms with van der Waals surface area (Å²) < 4.78 is 23.4. The number of rotatable bonds is 7. The zero-order valence-electron chi connectivity index (χ0n) is 13.9. The van der Waals surface area contributed by atoms with Crippen molar-refractivity contribution in [1.82, 2.24) is 10.2 Å². The average molecular weight is 356 g/mol. The Bertz CT molecular complexity index is 954. The molecule has 0 bridgehead atoms. The van der Waals surface area contributed by atoms with Crippen LogP contribution in [0, 0.1) is 5.82 Å². The molecule has 0 aliphatic carbocycles. The molecule has 0 saturated carbocycles. The number of hydrogen-bond acceptors (Lipinski definition) is 5. The number of H-pyrrole nitrogens is 1. The van der Waals surface area contributed by atoms with E-state index in [0.717, 1.165) is 0 Å². The largest absolute Gasteiger partial charge is 0.493 e. The van der Waals surface area contributed by atoms with Gasteiger partial charge in [-0.15, -0.1) is 0 Å². The first-order valence-electron chi connectivity index (χ1n) is 8.14. The van der Waals surface area contributed by atoms with Gasteiger partial charge < -0.3 is 9.47 Å². The van der Waals surface area contributed by atoms with Crippen LogP contribution in [0.2, 0.25) is 0 Å². The summed E-state index contributed by atoms with van der Waals surface area (Å²) in [7, 11) is 0. The van der Waals surface area contributed by atoms with Crippen molar-refractivity contribution in [2.75, 3.05) is 13.2 Å². The molecule has 0 atom stereocenters. The van der Waals surface area contributed by atoms with Gasteiger partial charge in [0.25, 0.3) is 5.56 Å². The second-order valence-corrected chi connectivity index (χ2v) is 5.60. The number of aromatic nitrogens is 2. The number of nitrogens with zero attached hydrogens (tertiary/aromatic N) is 1. The van der Waals surface area contributed by atoms with Gasteiger partial charge in [-0.2, -0.15) is 5.10 Å². The van der Waals surface area contributed by atoms with E-state index in [1.807, 2.05) is 0 Å². The molecule has 0 saturated heterocycles. The minimum absolute atomic E-state index is 0.0316. The number of fused-ring (bicyclic) bond motifs is 1. The maximum atomic E-state index is 12.8. The van der Waals surface area contributed by atoms with Gasteiger partial charge in [-0.05, 0) is 30.3 Å². The summed E-state index contributed by atoms with van der Waals surface area (Å²) in [6, 6.07) is 12.7. The van der Waals surface area contributed by atoms with Crippen molar-refractivity contribution in [3.63, 3.8) is 0 Å². The van der Waals surface area contributed by atoms with Crippen LogP contribution in [0.3, 0.4) is 0 Å². The first-order chi connectivity index (χ1) is 12.6. The van der Waals surface area contributed by atoms with E-state index in [1.54, 1.807) is 24.3 Å². The van der Waals surface area contributed by atoms with Crippen LogP contribution in [0.4, 0.5) is 4.39 Å². The Kier molecular flexibility index (Phi) is 5.58. The van der Waals surface area contributed by atoms with Gasteiger partial charge in [0.15, 0.2) is 0 Å². The molecule has 0 aliphatic heterocycles. The van der Waals surface area contributed by atoms with E-state index in [4.69, 9.17) is 9.47 Å². The summed E-state index contributed by atoms with van der Waals surface area (Å²) in [6.45, 7) is 0.542. The average Bonchev–Trinajstić information content (AvgIpc) is 2.65. The van der Waals surface area contributed by atoms with Crippen LogP contribution in [-0.2, 0) is 16.0 Å². The van der Waals surface area contributed by atoms with Crippen LogP contribution in [0.15, 0.2) is 53.3 Å². The van der Waals surface area contributed by atoms with Crippen LogP contribution in [0.1, 0.15) is 12.1 Å². The maximum absolute atomic E-state index is 12.8. The standard InChI is InChI=1S/C19H17FN2O4/c20-13-6-8-14(9-7-13)25-10-3-11-26-18(23)12-17-15-4-1-2-5-16(15)19(24)22-21-17/h1-2,4-9H,3,10-12H2,(H,22,24). The lowest BCUT2D eigenvalue weighted by molar-refractivity contribution is -0.143. The molecule has 3 aromatic rings. The Hall–Kier alpha value is -3.22. The fourth-order valence-corrected chi connectivity index (χ4v) is 2.46. The van der Waals surface area contributed by atoms with E-state index in [2.05, 4.69) is 10.2 Å². The highest BCUT2D eigenvalue weighted by atomic mass is 19.1. The number of carbonyl (C=O) groups is 1. The molecule has 1 heterocycles. The summed E-state index contributed by atoms with van der Waals surface area (Å²) >= 11 is 0. The molecule has 0 aliphatic rings. The van der Waals surface area contributed by atoms with Crippen LogP contribution >= 0.6 is 0 Å². The molecule has 134 valence electrons. The minimum atomic E-state index is -0.434. The highest BCUT2D eigenvalue weighted by molar-refractivity contribution is 5.86. The second-order valence-electron chi connectivity index (χ2n) is 5.60. The topological polar surface area (TPSA) is 81.3 Å². The molecule has 1 N–H and O–H groups in total. The lowest BCUT2D eigenvalue weighted by Crippen LogP contribution is -2.16. The van der Waals surface area contributed by atoms with Gasteiger partial charge in [0, 0.05) is 11.8 Å². The van der Waals surface area contributed by atoms with Crippen molar-refractivity contribution in [1.29, 1.82) is 0 Å². The van der Waals surface area contributed by atoms with Crippen LogP contribution in [0.5, 0.6) is 5.75 Å². The highest BCUT2D eigenvalue weighted by Crippen LogP contribution is 2.13. The molecule has 0 fully saturated rings. The highest BCUT2D eigenvalue weighted by Gasteiger charge is 2.11. The van der Waals surface area contributed by atoms with Crippen LogP contribution < -0.4 is 10.3 Å². The molecule has 1 aromatic heterocycles. The molecule has 0 radical (unpaired) electrons. The normalized spacial score (nSPS) is 10.7. The van der Waals surface area contributed by atoms with Gasteiger partial charge in [-0.3, -0.25) is 9.59 Å². The molecular weight excluding hydrogens is 339 g/mol. The number of aromatic amines is 1. The lowest BCUT2D eigenvalue weighted by atomic mass is 10.1. The van der Waals surface area contributed by atoms with Gasteiger partial charge in [0.1, 0.15) is 11.6 Å². The molecule has 2 aromatic carbocycles. The van der Waals surface area contributed by atoms with E-state index in [0.29, 0.717) is 35.2 Å². The zero-order valence-corrected chi connectivity index (χ0v) is 13.9. The molecule has 6 nitrogen and oxygen atoms in total. The SMILES string of the molecule is O=C(Cc1n[nH]c(=O)c2ccccc12)OCCCOc1ccc(F)cc1. The predicted molar refractivity (Wildman–Crippen MR) is 93.5 cm³/mol. The summed E-state index contributed by atoms with van der Waals surface area (Å²) in [5, 5.41) is 7.45. The Morgan fingerprint density at radius 2 is 1.77 bits per heavy atom. The van der Waals surface area contributed by atoms with E-state index < -0.39 is 5.97 Å². The quantitative estimate of drug-likeness (QED) is 0.520. The van der Waals surface area contributed by atoms with Crippen LogP contribution in [0.25, 0.3) is 10.8 Å². The zero-order chi connectivity index (χ0) is 18.4. The first-order valence-corrected chi connectivity index (χ1v) is 8.14. The number of nitrogens with one attached hydrogen (secondary N) is 1. The summed E-state index contributed by atoms with van der Waals surface area (Å²) in [4.78, 5) is 23.7. The molecule has 26 heavy (non-hydrogen) atoms. The second kappa shape index (κ2) is 8.24. The molecule has 3 rings (SSSR count). The number of halogens is 1. The van der Waals surface area contributed by atoms with Gasteiger partial charge in [0.2, 0.25) is 0 Å². The van der Waals surface area contributed by atoms with Crippen molar-refractivity contribution >= 4 is 16.7 Å². The molecule has 7 heteroatoms. The fourth-order valence-electron chi connectivity index (χ4n) is 2.46. The van der Waals surface area contributed by atoms with E-state index >= 15 is 0 Å². The Labute approximate surface area is 148 Å². The molecular formula is C19H17FN2O4. The minimum Gasteiger partial charge on any atom is -0.493 e. The van der Waals surface area contributed by atoms with Crippen molar-refractivity contribution in [2.45, 2.75) is 12.8 Å². The van der Waals surface area contributed by atoms with Crippen LogP contribution in [-0.4, -0.2) is 29.4 Å². The molecule has 0 spiro atoms. The third-order valence-electron chi connectivity index (χ3n) is 3.72. The van der Waals surface area contributed by atoms with Gasteiger partial charge in [0.05, 0.1) is 30.7 Å². The number of ether oxygens (including phenoxy) is 2. The summed E-state index contributed by atoms with van der Waals surface area (Å²) in [5.74, 6) is -0.201. The maximum Gasteiger partial charge on any atom is 0.311 e. The van der Waals surface area contributed by atoms with Gasteiger partial charge >= 0.3 is 5.97 Å². The number of esters is 1. The third kappa shape index (κ3) is 4.44. The van der Waals surface area contributed by atoms with Crippen molar-refractivity contribution in [3.8, 4) is 5.75 Å². The number of carbonyl (C=O) groups excluding carboxylic acids is 1. The fraction of sp³-hybridized carbons (Fsp3) is 0.211. The Balaban J connectivity index is 1.47. The van der Waals surface area contributed by atoms with Gasteiger partial charge in [-0.1, -0.05) is 18.2 Å².